The maximum atomic E-state index is 12.9. The number of carbonyl (C=O) groups excluding carboxylic acids is 2. The number of nitrogens with zero attached hydrogens (tertiary/aromatic N) is 2. The molecule has 2 rings (SSSR count). The van der Waals surface area contributed by atoms with Gasteiger partial charge in [0.25, 0.3) is 5.91 Å². The molecule has 0 aliphatic carbocycles. The van der Waals surface area contributed by atoms with Crippen LogP contribution in [-0.2, 0) is 19.1 Å². The lowest BCUT2D eigenvalue weighted by molar-refractivity contribution is -0.162. The van der Waals surface area contributed by atoms with E-state index >= 15 is 0 Å². The molecule has 2 aliphatic rings. The summed E-state index contributed by atoms with van der Waals surface area (Å²) in [6.45, 7) is 5.15. The molecule has 24 heavy (non-hydrogen) atoms. The van der Waals surface area contributed by atoms with Crippen LogP contribution in [0.3, 0.4) is 0 Å². The minimum Gasteiger partial charge on any atom is -0.437 e. The van der Waals surface area contributed by atoms with E-state index in [-0.39, 0.29) is 5.91 Å². The van der Waals surface area contributed by atoms with Crippen molar-refractivity contribution in [2.24, 2.45) is 0 Å². The van der Waals surface area contributed by atoms with E-state index in [0.717, 1.165) is 5.57 Å². The summed E-state index contributed by atoms with van der Waals surface area (Å²) >= 11 is 0. The highest BCUT2D eigenvalue weighted by molar-refractivity contribution is 6.02. The van der Waals surface area contributed by atoms with Crippen LogP contribution in [0.15, 0.2) is 23.0 Å². The third-order valence-electron chi connectivity index (χ3n) is 5.02. The second-order valence-corrected chi connectivity index (χ2v) is 5.94. The first-order chi connectivity index (χ1) is 11.4. The fraction of sp³-hybridized carbons (Fsp3) is 0.647. The smallest absolute Gasteiger partial charge is 0.437 e. The predicted molar refractivity (Wildman–Crippen MR) is 87.9 cm³/mol. The Labute approximate surface area is 142 Å². The fourth-order valence-corrected chi connectivity index (χ4v) is 3.52. The minimum atomic E-state index is -0.800. The highest BCUT2D eigenvalue weighted by Crippen LogP contribution is 2.45. The number of hydroxylamine groups is 2. The predicted octanol–water partition coefficient (Wildman–Crippen LogP) is 2.25. The van der Waals surface area contributed by atoms with Crippen molar-refractivity contribution in [3.8, 4) is 0 Å². The molecule has 0 radical (unpaired) electrons. The Hall–Kier alpha value is -1.86. The summed E-state index contributed by atoms with van der Waals surface area (Å²) in [5.41, 5.74) is 0.717. The molecule has 134 valence electrons. The molecule has 1 saturated heterocycles. The van der Waals surface area contributed by atoms with Crippen molar-refractivity contribution in [2.75, 3.05) is 34.4 Å². The Balaban J connectivity index is 2.52. The van der Waals surface area contributed by atoms with Gasteiger partial charge in [0.15, 0.2) is 0 Å². The normalized spacial score (nSPS) is 21.6. The third kappa shape index (κ3) is 2.93. The first-order valence-corrected chi connectivity index (χ1v) is 8.18. The van der Waals surface area contributed by atoms with Crippen LogP contribution in [0.4, 0.5) is 4.79 Å². The maximum Gasteiger partial charge on any atom is 0.513 e. The Morgan fingerprint density at radius 3 is 2.38 bits per heavy atom. The van der Waals surface area contributed by atoms with Crippen LogP contribution in [0, 0.1) is 0 Å². The van der Waals surface area contributed by atoms with Gasteiger partial charge in [0.2, 0.25) is 0 Å². The van der Waals surface area contributed by atoms with Gasteiger partial charge < -0.3 is 19.2 Å². The van der Waals surface area contributed by atoms with Crippen LogP contribution in [0.2, 0.25) is 0 Å². The van der Waals surface area contributed by atoms with E-state index < -0.39 is 11.7 Å². The van der Waals surface area contributed by atoms with Gasteiger partial charge in [0, 0.05) is 20.1 Å². The van der Waals surface area contributed by atoms with E-state index in [9.17, 15) is 9.59 Å². The molecule has 2 aliphatic heterocycles. The number of piperidine rings is 1. The summed E-state index contributed by atoms with van der Waals surface area (Å²) in [4.78, 5) is 31.7. The number of rotatable bonds is 4. The van der Waals surface area contributed by atoms with Crippen LogP contribution in [-0.4, -0.2) is 61.9 Å². The van der Waals surface area contributed by atoms with E-state index in [1.807, 2.05) is 25.0 Å². The Bertz CT molecular complexity index is 574. The lowest BCUT2D eigenvalue weighted by Crippen LogP contribution is -2.53. The summed E-state index contributed by atoms with van der Waals surface area (Å²) in [6, 6.07) is 0. The Morgan fingerprint density at radius 2 is 1.92 bits per heavy atom. The molecule has 0 N–H and O–H groups in total. The van der Waals surface area contributed by atoms with Crippen LogP contribution >= 0.6 is 0 Å². The molecular weight excluding hydrogens is 312 g/mol. The standard InChI is InChI=1S/C17H26N2O5/c1-6-12(7-2)13-14(24-16(21)22-4)17(18(3)15(13)20)8-10-19(23-5)11-9-17/h6H,7-11H2,1-5H3/b12-6-. The number of amides is 1. The van der Waals surface area contributed by atoms with Gasteiger partial charge in [-0.25, -0.2) is 4.79 Å². The van der Waals surface area contributed by atoms with Gasteiger partial charge in [-0.2, -0.15) is 5.06 Å². The van der Waals surface area contributed by atoms with Gasteiger partial charge in [-0.05, 0) is 31.8 Å². The van der Waals surface area contributed by atoms with E-state index in [1.54, 1.807) is 19.1 Å². The molecule has 0 aromatic carbocycles. The number of carbonyl (C=O) groups is 2. The molecule has 0 bridgehead atoms. The topological polar surface area (TPSA) is 68.3 Å². The first kappa shape index (κ1) is 18.5. The van der Waals surface area contributed by atoms with Crippen LogP contribution in [0.5, 0.6) is 0 Å². The van der Waals surface area contributed by atoms with Crippen molar-refractivity contribution in [2.45, 2.75) is 38.6 Å². The Kier molecular flexibility index (Phi) is 5.66. The number of hydrogen-bond acceptors (Lipinski definition) is 6. The quantitative estimate of drug-likeness (QED) is 0.733. The molecule has 0 aromatic heterocycles. The van der Waals surface area contributed by atoms with Crippen molar-refractivity contribution in [3.05, 3.63) is 23.0 Å². The molecule has 1 spiro atoms. The number of ether oxygens (including phenoxy) is 2. The highest BCUT2D eigenvalue weighted by atomic mass is 16.7. The summed E-state index contributed by atoms with van der Waals surface area (Å²) in [5.74, 6) is 0.294. The zero-order valence-corrected chi connectivity index (χ0v) is 15.0. The molecule has 1 fully saturated rings. The molecule has 0 aromatic rings. The molecule has 7 nitrogen and oxygen atoms in total. The van der Waals surface area contributed by atoms with Crippen molar-refractivity contribution < 1.29 is 23.9 Å². The molecule has 7 heteroatoms. The zero-order valence-electron chi connectivity index (χ0n) is 15.0. The second kappa shape index (κ2) is 7.36. The summed E-state index contributed by atoms with van der Waals surface area (Å²) in [6.07, 6.45) is 3.02. The van der Waals surface area contributed by atoms with Gasteiger partial charge in [-0.15, -0.1) is 0 Å². The first-order valence-electron chi connectivity index (χ1n) is 8.18. The second-order valence-electron chi connectivity index (χ2n) is 5.94. The third-order valence-corrected chi connectivity index (χ3v) is 5.02. The van der Waals surface area contributed by atoms with Crippen LogP contribution in [0.1, 0.15) is 33.1 Å². The zero-order chi connectivity index (χ0) is 17.9. The molecule has 1 amide bonds. The largest absolute Gasteiger partial charge is 0.513 e. The molecule has 0 unspecified atom stereocenters. The Morgan fingerprint density at radius 1 is 1.29 bits per heavy atom. The van der Waals surface area contributed by atoms with Crippen molar-refractivity contribution >= 4 is 12.1 Å². The van der Waals surface area contributed by atoms with Crippen molar-refractivity contribution in [1.82, 2.24) is 9.96 Å². The van der Waals surface area contributed by atoms with Crippen molar-refractivity contribution in [3.63, 3.8) is 0 Å². The van der Waals surface area contributed by atoms with Gasteiger partial charge in [-0.3, -0.25) is 4.79 Å². The van der Waals surface area contributed by atoms with Gasteiger partial charge in [0.05, 0.1) is 19.8 Å². The molecular formula is C17H26N2O5. The summed E-state index contributed by atoms with van der Waals surface area (Å²) in [7, 11) is 4.66. The highest BCUT2D eigenvalue weighted by Gasteiger charge is 2.54. The monoisotopic (exact) mass is 338 g/mol. The van der Waals surface area contributed by atoms with E-state index in [0.29, 0.717) is 43.7 Å². The maximum absolute atomic E-state index is 12.9. The SMILES string of the molecule is C/C=C(/CC)C1=C(OC(=O)OC)C2(CCN(OC)CC2)N(C)C1=O. The molecule has 0 atom stereocenters. The fourth-order valence-electron chi connectivity index (χ4n) is 3.52. The van der Waals surface area contributed by atoms with E-state index in [1.165, 1.54) is 7.11 Å². The lowest BCUT2D eigenvalue weighted by Gasteiger charge is -2.43. The van der Waals surface area contributed by atoms with Gasteiger partial charge >= 0.3 is 6.16 Å². The lowest BCUT2D eigenvalue weighted by atomic mass is 9.85. The number of methoxy groups -OCH3 is 1. The minimum absolute atomic E-state index is 0.116. The number of allylic oxidation sites excluding steroid dienone is 1. The number of likely N-dealkylation sites (N-methyl/N-ethyl adjacent to an activating group) is 1. The molecule has 0 saturated carbocycles. The average Bonchev–Trinajstić information content (AvgIpc) is 2.80. The average molecular weight is 338 g/mol. The van der Waals surface area contributed by atoms with Gasteiger partial charge in [-0.1, -0.05) is 13.0 Å². The van der Waals surface area contributed by atoms with Crippen LogP contribution < -0.4 is 0 Å². The summed E-state index contributed by atoms with van der Waals surface area (Å²) in [5, 5.41) is 1.84. The van der Waals surface area contributed by atoms with E-state index in [2.05, 4.69) is 4.74 Å². The molecule has 2 heterocycles. The van der Waals surface area contributed by atoms with Gasteiger partial charge in [0.1, 0.15) is 11.3 Å². The van der Waals surface area contributed by atoms with Crippen LogP contribution in [0.25, 0.3) is 0 Å². The van der Waals surface area contributed by atoms with E-state index in [4.69, 9.17) is 9.57 Å². The van der Waals surface area contributed by atoms with Crippen molar-refractivity contribution in [1.29, 1.82) is 0 Å². The summed E-state index contributed by atoms with van der Waals surface area (Å²) < 4.78 is 10.2. The number of hydrogen-bond donors (Lipinski definition) is 0.